The number of fused-ring (bicyclic) bond motifs is 1. The van der Waals surface area contributed by atoms with Gasteiger partial charge in [-0.05, 0) is 12.1 Å². The molecule has 2 saturated heterocycles. The molecule has 9 heteroatoms. The van der Waals surface area contributed by atoms with Gasteiger partial charge in [0, 0.05) is 15.4 Å². The van der Waals surface area contributed by atoms with Crippen LogP contribution in [0.15, 0.2) is 34.1 Å². The zero-order valence-electron chi connectivity index (χ0n) is 11.8. The lowest BCUT2D eigenvalue weighted by Gasteiger charge is -2.17. The Morgan fingerprint density at radius 3 is 2.96 bits per heavy atom. The molecule has 2 aromatic rings. The number of carbonyl (C=O) groups excluding carboxylic acids is 1. The predicted molar refractivity (Wildman–Crippen MR) is 92.5 cm³/mol. The molecule has 3 heterocycles. The number of hydrogen-bond acceptors (Lipinski definition) is 5. The lowest BCUT2D eigenvalue weighted by Crippen LogP contribution is -2.36. The fraction of sp³-hybridized carbons (Fsp3) is 0.286. The van der Waals surface area contributed by atoms with Crippen molar-refractivity contribution in [3.05, 3.63) is 34.1 Å². The molecule has 0 saturated carbocycles. The van der Waals surface area contributed by atoms with Crippen LogP contribution in [0, 0.1) is 0 Å². The third-order valence-corrected chi connectivity index (χ3v) is 7.05. The van der Waals surface area contributed by atoms with Crippen molar-refractivity contribution >= 4 is 48.3 Å². The summed E-state index contributed by atoms with van der Waals surface area (Å²) in [6.45, 7) is 0. The zero-order valence-corrected chi connectivity index (χ0v) is 15.0. The second-order valence-corrected chi connectivity index (χ2v) is 9.50. The fourth-order valence-corrected chi connectivity index (χ4v) is 6.16. The van der Waals surface area contributed by atoms with Crippen LogP contribution < -0.4 is 10.2 Å². The van der Waals surface area contributed by atoms with Crippen molar-refractivity contribution in [1.82, 2.24) is 10.3 Å². The molecule has 2 fully saturated rings. The Labute approximate surface area is 145 Å². The number of carbonyl (C=O) groups is 1. The molecule has 1 aromatic heterocycles. The Kier molecular flexibility index (Phi) is 3.47. The van der Waals surface area contributed by atoms with Crippen LogP contribution in [0.4, 0.5) is 9.93 Å². The molecular formula is C14H12BrN3O3S2. The first-order valence-electron chi connectivity index (χ1n) is 6.94. The topological polar surface area (TPSA) is 79.4 Å². The van der Waals surface area contributed by atoms with Gasteiger partial charge in [0.1, 0.15) is 0 Å². The Balaban J connectivity index is 1.67. The third-order valence-electron chi connectivity index (χ3n) is 4.00. The van der Waals surface area contributed by atoms with Gasteiger partial charge in [0.2, 0.25) is 0 Å². The van der Waals surface area contributed by atoms with Crippen molar-refractivity contribution < 1.29 is 13.2 Å². The van der Waals surface area contributed by atoms with Gasteiger partial charge < -0.3 is 5.32 Å². The summed E-state index contributed by atoms with van der Waals surface area (Å²) < 4.78 is 24.5. The van der Waals surface area contributed by atoms with Gasteiger partial charge in [-0.1, -0.05) is 28.1 Å². The van der Waals surface area contributed by atoms with Gasteiger partial charge in [-0.15, -0.1) is 11.3 Å². The second-order valence-electron chi connectivity index (χ2n) is 5.60. The SMILES string of the molecule is O=C1NC2CS(=O)(=O)CC2N1c1nc(-c2cccc(Br)c2)cs1. The van der Waals surface area contributed by atoms with Crippen molar-refractivity contribution in [3.8, 4) is 11.3 Å². The molecule has 0 radical (unpaired) electrons. The molecule has 0 bridgehead atoms. The Hall–Kier alpha value is -1.45. The van der Waals surface area contributed by atoms with Crippen molar-refractivity contribution in [2.75, 3.05) is 16.4 Å². The second kappa shape index (κ2) is 5.29. The highest BCUT2D eigenvalue weighted by atomic mass is 79.9. The maximum Gasteiger partial charge on any atom is 0.324 e. The van der Waals surface area contributed by atoms with Crippen LogP contribution in [0.25, 0.3) is 11.3 Å². The van der Waals surface area contributed by atoms with Crippen LogP contribution in [0.5, 0.6) is 0 Å². The molecule has 2 aliphatic rings. The van der Waals surface area contributed by atoms with Gasteiger partial charge in [-0.25, -0.2) is 18.2 Å². The van der Waals surface area contributed by atoms with E-state index in [1.165, 1.54) is 16.2 Å². The van der Waals surface area contributed by atoms with Crippen molar-refractivity contribution in [1.29, 1.82) is 0 Å². The first kappa shape index (κ1) is 15.1. The number of halogens is 1. The number of anilines is 1. The van der Waals surface area contributed by atoms with E-state index in [0.717, 1.165) is 15.7 Å². The fourth-order valence-electron chi connectivity index (χ4n) is 2.98. The summed E-state index contributed by atoms with van der Waals surface area (Å²) in [5.74, 6) is -0.00796. The van der Waals surface area contributed by atoms with Crippen molar-refractivity contribution in [2.24, 2.45) is 0 Å². The number of amides is 2. The van der Waals surface area contributed by atoms with E-state index < -0.39 is 9.84 Å². The molecule has 120 valence electrons. The Morgan fingerprint density at radius 2 is 2.17 bits per heavy atom. The molecule has 2 amide bonds. The number of thiazole rings is 1. The van der Waals surface area contributed by atoms with Crippen LogP contribution in [0.3, 0.4) is 0 Å². The smallest absolute Gasteiger partial charge is 0.324 e. The summed E-state index contributed by atoms with van der Waals surface area (Å²) in [4.78, 5) is 18.2. The first-order valence-corrected chi connectivity index (χ1v) is 10.4. The summed E-state index contributed by atoms with van der Waals surface area (Å²) in [5, 5.41) is 5.15. The summed E-state index contributed by atoms with van der Waals surface area (Å²) in [6.07, 6.45) is 0. The number of nitrogens with zero attached hydrogens (tertiary/aromatic N) is 2. The number of sulfone groups is 1. The normalized spacial score (nSPS) is 25.4. The molecular weight excluding hydrogens is 402 g/mol. The van der Waals surface area contributed by atoms with Crippen molar-refractivity contribution in [2.45, 2.75) is 12.1 Å². The number of aromatic nitrogens is 1. The molecule has 0 spiro atoms. The lowest BCUT2D eigenvalue weighted by atomic mass is 10.2. The van der Waals surface area contributed by atoms with Gasteiger partial charge in [0.25, 0.3) is 0 Å². The summed E-state index contributed by atoms with van der Waals surface area (Å²) in [6, 6.07) is 6.76. The van der Waals surface area contributed by atoms with Crippen LogP contribution >= 0.6 is 27.3 Å². The van der Waals surface area contributed by atoms with Crippen LogP contribution in [-0.4, -0.2) is 43.0 Å². The van der Waals surface area contributed by atoms with Gasteiger partial charge in [-0.2, -0.15) is 0 Å². The van der Waals surface area contributed by atoms with Crippen LogP contribution in [0.1, 0.15) is 0 Å². The van der Waals surface area contributed by atoms with E-state index in [0.29, 0.717) is 5.13 Å². The average Bonchev–Trinajstić information content (AvgIpc) is 3.11. The minimum absolute atomic E-state index is 0.00374. The standard InChI is InChI=1S/C14H12BrN3O3S2/c15-9-3-1-2-8(4-9)10-5-22-14(17-10)18-12-7-23(20,21)6-11(12)16-13(18)19/h1-5,11-12H,6-7H2,(H,16,19). The van der Waals surface area contributed by atoms with Gasteiger partial charge in [0.15, 0.2) is 15.0 Å². The predicted octanol–water partition coefficient (Wildman–Crippen LogP) is 2.27. The number of nitrogens with one attached hydrogen (secondary N) is 1. The minimum atomic E-state index is -3.11. The maximum absolute atomic E-state index is 12.2. The first-order chi connectivity index (χ1) is 10.9. The summed E-state index contributed by atoms with van der Waals surface area (Å²) in [7, 11) is -3.11. The van der Waals surface area contributed by atoms with Crippen LogP contribution in [0.2, 0.25) is 0 Å². The summed E-state index contributed by atoms with van der Waals surface area (Å²) >= 11 is 4.77. The van der Waals surface area contributed by atoms with Crippen molar-refractivity contribution in [3.63, 3.8) is 0 Å². The molecule has 4 rings (SSSR count). The Bertz CT molecular complexity index is 896. The largest absolute Gasteiger partial charge is 0.332 e. The molecule has 6 nitrogen and oxygen atoms in total. The van der Waals surface area contributed by atoms with E-state index in [1.807, 2.05) is 29.6 Å². The van der Waals surface area contributed by atoms with Gasteiger partial charge in [-0.3, -0.25) is 4.90 Å². The van der Waals surface area contributed by atoms with Crippen LogP contribution in [-0.2, 0) is 9.84 Å². The zero-order chi connectivity index (χ0) is 16.2. The highest BCUT2D eigenvalue weighted by Gasteiger charge is 2.50. The molecule has 1 N–H and O–H groups in total. The molecule has 2 unspecified atom stereocenters. The monoisotopic (exact) mass is 413 g/mol. The molecule has 2 aliphatic heterocycles. The molecule has 0 aliphatic carbocycles. The van der Waals surface area contributed by atoms with E-state index >= 15 is 0 Å². The molecule has 2 atom stereocenters. The van der Waals surface area contributed by atoms with Gasteiger partial charge in [0.05, 0.1) is 29.3 Å². The van der Waals surface area contributed by atoms with E-state index in [1.54, 1.807) is 0 Å². The minimum Gasteiger partial charge on any atom is -0.332 e. The number of hydrogen-bond donors (Lipinski definition) is 1. The average molecular weight is 414 g/mol. The number of urea groups is 1. The van der Waals surface area contributed by atoms with Gasteiger partial charge >= 0.3 is 6.03 Å². The van der Waals surface area contributed by atoms with E-state index in [2.05, 4.69) is 26.2 Å². The van der Waals surface area contributed by atoms with E-state index in [9.17, 15) is 13.2 Å². The molecule has 23 heavy (non-hydrogen) atoms. The lowest BCUT2D eigenvalue weighted by molar-refractivity contribution is 0.251. The third kappa shape index (κ3) is 2.66. The van der Waals surface area contributed by atoms with E-state index in [-0.39, 0.29) is 29.6 Å². The number of rotatable bonds is 2. The highest BCUT2D eigenvalue weighted by Crippen LogP contribution is 2.34. The summed E-state index contributed by atoms with van der Waals surface area (Å²) in [5.41, 5.74) is 1.71. The number of benzene rings is 1. The highest BCUT2D eigenvalue weighted by molar-refractivity contribution is 9.10. The quantitative estimate of drug-likeness (QED) is 0.765. The maximum atomic E-state index is 12.2. The van der Waals surface area contributed by atoms with E-state index in [4.69, 9.17) is 0 Å². The Morgan fingerprint density at radius 1 is 1.35 bits per heavy atom. The molecule has 1 aromatic carbocycles.